The predicted molar refractivity (Wildman–Crippen MR) is 91.9 cm³/mol. The van der Waals surface area contributed by atoms with Crippen molar-refractivity contribution in [3.05, 3.63) is 47.5 Å². The highest BCUT2D eigenvalue weighted by Crippen LogP contribution is 2.34. The molecule has 3 amide bonds. The van der Waals surface area contributed by atoms with Crippen LogP contribution < -0.4 is 5.32 Å². The molecule has 1 aromatic rings. The zero-order valence-electron chi connectivity index (χ0n) is 14.2. The quantitative estimate of drug-likeness (QED) is 0.591. The molecule has 0 bridgehead atoms. The molecule has 0 saturated carbocycles. The van der Waals surface area contributed by atoms with Gasteiger partial charge in [0.05, 0.1) is 17.4 Å². The Hall–Kier alpha value is -2.96. The first-order chi connectivity index (χ1) is 12.5. The van der Waals surface area contributed by atoms with E-state index < -0.39 is 5.97 Å². The number of nitrogens with zero attached hydrogens (tertiary/aromatic N) is 1. The largest absolute Gasteiger partial charge is 0.478 e. The summed E-state index contributed by atoms with van der Waals surface area (Å²) in [7, 11) is 0. The van der Waals surface area contributed by atoms with Gasteiger partial charge in [0.2, 0.25) is 17.7 Å². The second-order valence-corrected chi connectivity index (χ2v) is 6.51. The Balaban J connectivity index is 1.47. The third-order valence-corrected chi connectivity index (χ3v) is 4.85. The summed E-state index contributed by atoms with van der Waals surface area (Å²) in [5, 5.41) is 11.6. The van der Waals surface area contributed by atoms with Gasteiger partial charge in [0, 0.05) is 19.5 Å². The van der Waals surface area contributed by atoms with E-state index in [0.29, 0.717) is 12.8 Å². The highest BCUT2D eigenvalue weighted by molar-refractivity contribution is 6.05. The molecule has 2 N–H and O–H groups in total. The Morgan fingerprint density at radius 1 is 1.04 bits per heavy atom. The van der Waals surface area contributed by atoms with Crippen molar-refractivity contribution in [3.8, 4) is 0 Å². The lowest BCUT2D eigenvalue weighted by Gasteiger charge is -2.14. The van der Waals surface area contributed by atoms with Crippen LogP contribution in [0.1, 0.15) is 35.2 Å². The van der Waals surface area contributed by atoms with Crippen LogP contribution in [0.25, 0.3) is 0 Å². The van der Waals surface area contributed by atoms with Crippen LogP contribution in [-0.4, -0.2) is 40.2 Å². The second-order valence-electron chi connectivity index (χ2n) is 6.51. The van der Waals surface area contributed by atoms with Crippen LogP contribution >= 0.6 is 0 Å². The number of carbonyl (C=O) groups is 4. The summed E-state index contributed by atoms with van der Waals surface area (Å²) in [5.41, 5.74) is 0.955. The molecule has 7 nitrogen and oxygen atoms in total. The summed E-state index contributed by atoms with van der Waals surface area (Å²) in [4.78, 5) is 48.7. The number of amides is 3. The Labute approximate surface area is 150 Å². The molecular weight excluding hydrogens is 336 g/mol. The van der Waals surface area contributed by atoms with Crippen molar-refractivity contribution in [1.82, 2.24) is 10.2 Å². The monoisotopic (exact) mass is 356 g/mol. The van der Waals surface area contributed by atoms with Gasteiger partial charge in [0.15, 0.2) is 0 Å². The highest BCUT2D eigenvalue weighted by Gasteiger charge is 2.46. The zero-order valence-corrected chi connectivity index (χ0v) is 14.2. The maximum atomic E-state index is 12.3. The Bertz CT molecular complexity index is 743. The number of aromatic carboxylic acids is 1. The molecule has 1 fully saturated rings. The van der Waals surface area contributed by atoms with Crippen molar-refractivity contribution in [3.63, 3.8) is 0 Å². The fourth-order valence-corrected chi connectivity index (χ4v) is 3.36. The smallest absolute Gasteiger partial charge is 0.335 e. The van der Waals surface area contributed by atoms with Crippen LogP contribution in [0.5, 0.6) is 0 Å². The normalized spacial score (nSPS) is 21.6. The SMILES string of the molecule is O=C(CCN1C(=O)[C@H]2CC=CC[C@@H]2C1=O)NCc1ccc(C(=O)O)cc1. The molecular formula is C19H20N2O5. The fourth-order valence-electron chi connectivity index (χ4n) is 3.36. The zero-order chi connectivity index (χ0) is 18.7. The van der Waals surface area contributed by atoms with E-state index in [4.69, 9.17) is 5.11 Å². The molecule has 0 spiro atoms. The van der Waals surface area contributed by atoms with Crippen molar-refractivity contribution in [1.29, 1.82) is 0 Å². The van der Waals surface area contributed by atoms with Gasteiger partial charge in [0.25, 0.3) is 0 Å². The molecule has 26 heavy (non-hydrogen) atoms. The Morgan fingerprint density at radius 2 is 1.62 bits per heavy atom. The van der Waals surface area contributed by atoms with Gasteiger partial charge in [-0.1, -0.05) is 24.3 Å². The van der Waals surface area contributed by atoms with Crippen LogP contribution in [0.15, 0.2) is 36.4 Å². The van der Waals surface area contributed by atoms with E-state index in [0.717, 1.165) is 5.56 Å². The fraction of sp³-hybridized carbons (Fsp3) is 0.368. The van der Waals surface area contributed by atoms with Crippen LogP contribution in [-0.2, 0) is 20.9 Å². The molecule has 1 aromatic carbocycles. The molecule has 3 rings (SSSR count). The molecule has 136 valence electrons. The minimum Gasteiger partial charge on any atom is -0.478 e. The number of carboxylic acid groups (broad SMARTS) is 1. The average molecular weight is 356 g/mol. The first-order valence-corrected chi connectivity index (χ1v) is 8.56. The van der Waals surface area contributed by atoms with Crippen molar-refractivity contribution in [2.75, 3.05) is 6.54 Å². The number of nitrogens with one attached hydrogen (secondary N) is 1. The molecule has 1 heterocycles. The Morgan fingerprint density at radius 3 is 2.15 bits per heavy atom. The molecule has 1 aliphatic carbocycles. The summed E-state index contributed by atoms with van der Waals surface area (Å²) in [6.07, 6.45) is 5.09. The maximum absolute atomic E-state index is 12.3. The summed E-state index contributed by atoms with van der Waals surface area (Å²) >= 11 is 0. The van der Waals surface area contributed by atoms with Crippen molar-refractivity contribution in [2.24, 2.45) is 11.8 Å². The third kappa shape index (κ3) is 3.66. The molecule has 1 aliphatic heterocycles. The number of fused-ring (bicyclic) bond motifs is 1. The number of carbonyl (C=O) groups excluding carboxylic acids is 3. The van der Waals surface area contributed by atoms with E-state index >= 15 is 0 Å². The van der Waals surface area contributed by atoms with E-state index in [1.54, 1.807) is 12.1 Å². The van der Waals surface area contributed by atoms with Gasteiger partial charge in [0.1, 0.15) is 0 Å². The van der Waals surface area contributed by atoms with Gasteiger partial charge >= 0.3 is 5.97 Å². The summed E-state index contributed by atoms with van der Waals surface area (Å²) in [6, 6.07) is 6.21. The van der Waals surface area contributed by atoms with Gasteiger partial charge < -0.3 is 10.4 Å². The lowest BCUT2D eigenvalue weighted by atomic mass is 9.85. The Kier molecular flexibility index (Phi) is 5.16. The van der Waals surface area contributed by atoms with Gasteiger partial charge in [-0.2, -0.15) is 0 Å². The number of hydrogen-bond donors (Lipinski definition) is 2. The number of likely N-dealkylation sites (tertiary alicyclic amines) is 1. The highest BCUT2D eigenvalue weighted by atomic mass is 16.4. The first kappa shape index (κ1) is 17.8. The third-order valence-electron chi connectivity index (χ3n) is 4.85. The molecule has 2 aliphatic rings. The van der Waals surface area contributed by atoms with E-state index in [1.807, 2.05) is 12.2 Å². The number of hydrogen-bond acceptors (Lipinski definition) is 4. The lowest BCUT2D eigenvalue weighted by Crippen LogP contribution is -2.35. The molecule has 0 aromatic heterocycles. The van der Waals surface area contributed by atoms with E-state index in [-0.39, 0.29) is 54.6 Å². The van der Waals surface area contributed by atoms with E-state index in [2.05, 4.69) is 5.32 Å². The van der Waals surface area contributed by atoms with Crippen LogP contribution in [0.2, 0.25) is 0 Å². The first-order valence-electron chi connectivity index (χ1n) is 8.56. The lowest BCUT2D eigenvalue weighted by molar-refractivity contribution is -0.140. The van der Waals surface area contributed by atoms with Crippen molar-refractivity contribution in [2.45, 2.75) is 25.8 Å². The number of rotatable bonds is 6. The average Bonchev–Trinajstić information content (AvgIpc) is 2.89. The van der Waals surface area contributed by atoms with Gasteiger partial charge in [-0.05, 0) is 30.5 Å². The molecule has 0 unspecified atom stereocenters. The number of imide groups is 1. The van der Waals surface area contributed by atoms with Gasteiger partial charge in [-0.3, -0.25) is 19.3 Å². The van der Waals surface area contributed by atoms with Crippen LogP contribution in [0.3, 0.4) is 0 Å². The number of allylic oxidation sites excluding steroid dienone is 2. The van der Waals surface area contributed by atoms with Crippen LogP contribution in [0, 0.1) is 11.8 Å². The summed E-state index contributed by atoms with van der Waals surface area (Å²) < 4.78 is 0. The van der Waals surface area contributed by atoms with E-state index in [9.17, 15) is 19.2 Å². The predicted octanol–water partition coefficient (Wildman–Crippen LogP) is 1.34. The minimum atomic E-state index is -1.00. The number of benzene rings is 1. The summed E-state index contributed by atoms with van der Waals surface area (Å²) in [6.45, 7) is 0.351. The second kappa shape index (κ2) is 7.51. The van der Waals surface area contributed by atoms with Gasteiger partial charge in [-0.25, -0.2) is 4.79 Å². The van der Waals surface area contributed by atoms with Gasteiger partial charge in [-0.15, -0.1) is 0 Å². The van der Waals surface area contributed by atoms with Crippen molar-refractivity contribution >= 4 is 23.7 Å². The summed E-state index contributed by atoms with van der Waals surface area (Å²) in [5.74, 6) is -2.17. The maximum Gasteiger partial charge on any atom is 0.335 e. The molecule has 0 radical (unpaired) electrons. The minimum absolute atomic E-state index is 0.0531. The molecule has 2 atom stereocenters. The topological polar surface area (TPSA) is 104 Å². The van der Waals surface area contributed by atoms with Crippen molar-refractivity contribution < 1.29 is 24.3 Å². The number of carboxylic acids is 1. The molecule has 7 heteroatoms. The van der Waals surface area contributed by atoms with E-state index in [1.165, 1.54) is 17.0 Å². The standard InChI is InChI=1S/C19H20N2O5/c22-16(20-11-12-5-7-13(8-6-12)19(25)26)9-10-21-17(23)14-3-1-2-4-15(14)18(21)24/h1-2,5-8,14-15H,3-4,9-11H2,(H,20,22)(H,25,26)/t14-,15-/m0/s1. The molecule has 1 saturated heterocycles. The van der Waals surface area contributed by atoms with Crippen LogP contribution in [0.4, 0.5) is 0 Å².